The standard InChI is InChI=1S/C15H24N2O/c1-3-11-17(12-10-16)15(18)9-8-14-6-4-13(2)5-7-14/h4-7H,3,8-12,16H2,1-2H3. The highest BCUT2D eigenvalue weighted by Crippen LogP contribution is 2.07. The van der Waals surface area contributed by atoms with E-state index in [1.807, 2.05) is 4.90 Å². The van der Waals surface area contributed by atoms with E-state index in [-0.39, 0.29) is 5.91 Å². The smallest absolute Gasteiger partial charge is 0.222 e. The highest BCUT2D eigenvalue weighted by molar-refractivity contribution is 5.76. The van der Waals surface area contributed by atoms with Gasteiger partial charge in [0.25, 0.3) is 0 Å². The molecule has 1 rings (SSSR count). The first kappa shape index (κ1) is 14.7. The monoisotopic (exact) mass is 248 g/mol. The van der Waals surface area contributed by atoms with Crippen LogP contribution >= 0.6 is 0 Å². The molecule has 0 aliphatic heterocycles. The zero-order valence-corrected chi connectivity index (χ0v) is 11.5. The normalized spacial score (nSPS) is 10.4. The molecule has 0 aliphatic rings. The second kappa shape index (κ2) is 7.88. The zero-order valence-electron chi connectivity index (χ0n) is 11.5. The van der Waals surface area contributed by atoms with E-state index in [1.54, 1.807) is 0 Å². The van der Waals surface area contributed by atoms with Crippen LogP contribution in [-0.4, -0.2) is 30.4 Å². The average Bonchev–Trinajstić information content (AvgIpc) is 2.37. The van der Waals surface area contributed by atoms with Gasteiger partial charge in [0, 0.05) is 26.1 Å². The van der Waals surface area contributed by atoms with E-state index in [2.05, 4.69) is 38.1 Å². The lowest BCUT2D eigenvalue weighted by atomic mass is 10.1. The first-order chi connectivity index (χ1) is 8.67. The van der Waals surface area contributed by atoms with Crippen LogP contribution in [0.3, 0.4) is 0 Å². The van der Waals surface area contributed by atoms with Crippen LogP contribution in [0.25, 0.3) is 0 Å². The predicted octanol–water partition coefficient (Wildman–Crippen LogP) is 2.12. The number of benzene rings is 1. The predicted molar refractivity (Wildman–Crippen MR) is 75.4 cm³/mol. The van der Waals surface area contributed by atoms with Crippen molar-refractivity contribution in [1.29, 1.82) is 0 Å². The Kier molecular flexibility index (Phi) is 6.44. The molecule has 0 saturated heterocycles. The number of nitrogens with zero attached hydrogens (tertiary/aromatic N) is 1. The summed E-state index contributed by atoms with van der Waals surface area (Å²) in [6.07, 6.45) is 2.36. The molecule has 18 heavy (non-hydrogen) atoms. The fourth-order valence-corrected chi connectivity index (χ4v) is 1.95. The Bertz CT molecular complexity index is 353. The fraction of sp³-hybridized carbons (Fsp3) is 0.533. The summed E-state index contributed by atoms with van der Waals surface area (Å²) in [4.78, 5) is 13.9. The topological polar surface area (TPSA) is 46.3 Å². The van der Waals surface area contributed by atoms with E-state index < -0.39 is 0 Å². The molecule has 2 N–H and O–H groups in total. The van der Waals surface area contributed by atoms with Crippen molar-refractivity contribution in [3.63, 3.8) is 0 Å². The highest BCUT2D eigenvalue weighted by Gasteiger charge is 2.11. The second-order valence-corrected chi connectivity index (χ2v) is 4.66. The summed E-state index contributed by atoms with van der Waals surface area (Å²) in [6.45, 7) is 6.16. The zero-order chi connectivity index (χ0) is 13.4. The van der Waals surface area contributed by atoms with Crippen LogP contribution in [0.5, 0.6) is 0 Å². The van der Waals surface area contributed by atoms with Crippen molar-refractivity contribution >= 4 is 5.91 Å². The quantitative estimate of drug-likeness (QED) is 0.803. The van der Waals surface area contributed by atoms with Gasteiger partial charge in [0.15, 0.2) is 0 Å². The van der Waals surface area contributed by atoms with Crippen molar-refractivity contribution in [3.8, 4) is 0 Å². The number of carbonyl (C=O) groups excluding carboxylic acids is 1. The van der Waals surface area contributed by atoms with Gasteiger partial charge in [0.05, 0.1) is 0 Å². The molecule has 0 spiro atoms. The SMILES string of the molecule is CCCN(CCN)C(=O)CCc1ccc(C)cc1. The maximum atomic E-state index is 12.0. The summed E-state index contributed by atoms with van der Waals surface area (Å²) >= 11 is 0. The first-order valence-corrected chi connectivity index (χ1v) is 6.70. The number of nitrogens with two attached hydrogens (primary N) is 1. The fourth-order valence-electron chi connectivity index (χ4n) is 1.95. The van der Waals surface area contributed by atoms with E-state index in [9.17, 15) is 4.79 Å². The maximum Gasteiger partial charge on any atom is 0.222 e. The summed E-state index contributed by atoms with van der Waals surface area (Å²) in [7, 11) is 0. The third-order valence-electron chi connectivity index (χ3n) is 2.99. The van der Waals surface area contributed by atoms with Crippen LogP contribution < -0.4 is 5.73 Å². The Morgan fingerprint density at radius 3 is 2.44 bits per heavy atom. The summed E-state index contributed by atoms with van der Waals surface area (Å²) < 4.78 is 0. The lowest BCUT2D eigenvalue weighted by molar-refractivity contribution is -0.131. The van der Waals surface area contributed by atoms with E-state index in [0.29, 0.717) is 19.5 Å². The molecule has 1 aromatic carbocycles. The number of amides is 1. The molecule has 1 aromatic rings. The summed E-state index contributed by atoms with van der Waals surface area (Å²) in [5.41, 5.74) is 8.00. The van der Waals surface area contributed by atoms with Crippen molar-refractivity contribution in [3.05, 3.63) is 35.4 Å². The minimum absolute atomic E-state index is 0.211. The largest absolute Gasteiger partial charge is 0.341 e. The third-order valence-corrected chi connectivity index (χ3v) is 2.99. The number of rotatable bonds is 7. The van der Waals surface area contributed by atoms with Gasteiger partial charge in [-0.1, -0.05) is 36.8 Å². The summed E-state index contributed by atoms with van der Waals surface area (Å²) in [5, 5.41) is 0. The van der Waals surface area contributed by atoms with Gasteiger partial charge >= 0.3 is 0 Å². The molecule has 0 heterocycles. The van der Waals surface area contributed by atoms with Crippen LogP contribution in [0.1, 0.15) is 30.9 Å². The lowest BCUT2D eigenvalue weighted by Crippen LogP contribution is -2.36. The van der Waals surface area contributed by atoms with Crippen molar-refractivity contribution in [2.75, 3.05) is 19.6 Å². The van der Waals surface area contributed by atoms with Gasteiger partial charge in [0.2, 0.25) is 5.91 Å². The molecule has 0 bridgehead atoms. The Labute approximate surface area is 110 Å². The highest BCUT2D eigenvalue weighted by atomic mass is 16.2. The van der Waals surface area contributed by atoms with Crippen molar-refractivity contribution < 1.29 is 4.79 Å². The van der Waals surface area contributed by atoms with Crippen molar-refractivity contribution in [1.82, 2.24) is 4.90 Å². The molecular weight excluding hydrogens is 224 g/mol. The molecule has 0 atom stereocenters. The summed E-state index contributed by atoms with van der Waals surface area (Å²) in [6, 6.07) is 8.36. The van der Waals surface area contributed by atoms with Gasteiger partial charge in [-0.15, -0.1) is 0 Å². The van der Waals surface area contributed by atoms with Crippen LogP contribution in [0, 0.1) is 6.92 Å². The Hall–Kier alpha value is -1.35. The Morgan fingerprint density at radius 1 is 1.22 bits per heavy atom. The molecule has 3 nitrogen and oxygen atoms in total. The van der Waals surface area contributed by atoms with E-state index in [1.165, 1.54) is 11.1 Å². The number of carbonyl (C=O) groups is 1. The van der Waals surface area contributed by atoms with Crippen molar-refractivity contribution in [2.24, 2.45) is 5.73 Å². The van der Waals surface area contributed by atoms with Gasteiger partial charge in [-0.25, -0.2) is 0 Å². The average molecular weight is 248 g/mol. The molecule has 0 aliphatic carbocycles. The van der Waals surface area contributed by atoms with Crippen LogP contribution in [0.15, 0.2) is 24.3 Å². The number of aryl methyl sites for hydroxylation is 2. The molecule has 0 fully saturated rings. The van der Waals surface area contributed by atoms with E-state index >= 15 is 0 Å². The number of hydrogen-bond donors (Lipinski definition) is 1. The van der Waals surface area contributed by atoms with Crippen LogP contribution in [0.4, 0.5) is 0 Å². The van der Waals surface area contributed by atoms with E-state index in [0.717, 1.165) is 19.4 Å². The van der Waals surface area contributed by atoms with Crippen LogP contribution in [0.2, 0.25) is 0 Å². The molecule has 100 valence electrons. The molecular formula is C15H24N2O. The molecule has 0 saturated carbocycles. The van der Waals surface area contributed by atoms with Gasteiger partial charge in [-0.3, -0.25) is 4.79 Å². The van der Waals surface area contributed by atoms with Gasteiger partial charge in [-0.05, 0) is 25.3 Å². The first-order valence-electron chi connectivity index (χ1n) is 6.70. The van der Waals surface area contributed by atoms with Gasteiger partial charge < -0.3 is 10.6 Å². The molecule has 0 radical (unpaired) electrons. The molecule has 0 unspecified atom stereocenters. The van der Waals surface area contributed by atoms with Crippen molar-refractivity contribution in [2.45, 2.75) is 33.1 Å². The maximum absolute atomic E-state index is 12.0. The molecule has 0 aromatic heterocycles. The third kappa shape index (κ3) is 4.88. The lowest BCUT2D eigenvalue weighted by Gasteiger charge is -2.21. The summed E-state index contributed by atoms with van der Waals surface area (Å²) in [5.74, 6) is 0.211. The minimum Gasteiger partial charge on any atom is -0.341 e. The van der Waals surface area contributed by atoms with Gasteiger partial charge in [0.1, 0.15) is 0 Å². The van der Waals surface area contributed by atoms with Crippen LogP contribution in [-0.2, 0) is 11.2 Å². The Balaban J connectivity index is 2.45. The molecule has 1 amide bonds. The second-order valence-electron chi connectivity index (χ2n) is 4.66. The number of hydrogen-bond acceptors (Lipinski definition) is 2. The van der Waals surface area contributed by atoms with E-state index in [4.69, 9.17) is 5.73 Å². The molecule has 3 heteroatoms. The van der Waals surface area contributed by atoms with Gasteiger partial charge in [-0.2, -0.15) is 0 Å². The minimum atomic E-state index is 0.211. The Morgan fingerprint density at radius 2 is 1.89 bits per heavy atom.